The van der Waals surface area contributed by atoms with Crippen LogP contribution in [-0.2, 0) is 4.79 Å². The number of ketones is 1. The van der Waals surface area contributed by atoms with Crippen LogP contribution < -0.4 is 5.73 Å². The summed E-state index contributed by atoms with van der Waals surface area (Å²) < 4.78 is 0. The van der Waals surface area contributed by atoms with Crippen LogP contribution in [0.2, 0.25) is 0 Å². The van der Waals surface area contributed by atoms with Gasteiger partial charge in [-0.3, -0.25) is 4.79 Å². The molecular formula is C13H21NO. The number of hydrogen-bond donors (Lipinski definition) is 1. The Morgan fingerprint density at radius 2 is 1.87 bits per heavy atom. The van der Waals surface area contributed by atoms with Gasteiger partial charge in [-0.25, -0.2) is 0 Å². The number of Topliss-reactive ketones (excluding diaryl/α,β-unsaturated/α-hetero) is 1. The van der Waals surface area contributed by atoms with Crippen molar-refractivity contribution in [1.82, 2.24) is 0 Å². The number of nitrogens with two attached hydrogens (primary N) is 1. The van der Waals surface area contributed by atoms with Gasteiger partial charge < -0.3 is 5.73 Å². The summed E-state index contributed by atoms with van der Waals surface area (Å²) in [6.07, 6.45) is 8.35. The summed E-state index contributed by atoms with van der Waals surface area (Å²) in [6.45, 7) is 0. The molecule has 3 rings (SSSR count). The maximum Gasteiger partial charge on any atom is 0.139 e. The van der Waals surface area contributed by atoms with Gasteiger partial charge in [0.2, 0.25) is 0 Å². The first-order valence-corrected chi connectivity index (χ1v) is 6.53. The van der Waals surface area contributed by atoms with Gasteiger partial charge in [0.25, 0.3) is 0 Å². The second-order valence-corrected chi connectivity index (χ2v) is 5.95. The molecule has 0 aromatic carbocycles. The molecule has 2 nitrogen and oxygen atoms in total. The van der Waals surface area contributed by atoms with Crippen LogP contribution in [0.4, 0.5) is 0 Å². The molecule has 2 heteroatoms. The molecule has 15 heavy (non-hydrogen) atoms. The van der Waals surface area contributed by atoms with E-state index in [0.29, 0.717) is 23.7 Å². The molecule has 0 heterocycles. The summed E-state index contributed by atoms with van der Waals surface area (Å²) in [5.74, 6) is 2.97. The molecule has 0 radical (unpaired) electrons. The van der Waals surface area contributed by atoms with Crippen molar-refractivity contribution in [2.24, 2.45) is 29.4 Å². The van der Waals surface area contributed by atoms with Crippen molar-refractivity contribution in [3.8, 4) is 0 Å². The predicted octanol–water partition coefficient (Wildman–Crippen LogP) is 2.12. The summed E-state index contributed by atoms with van der Waals surface area (Å²) in [6, 6.07) is 0.303. The Morgan fingerprint density at radius 1 is 1.00 bits per heavy atom. The lowest BCUT2D eigenvalue weighted by atomic mass is 9.80. The van der Waals surface area contributed by atoms with E-state index in [4.69, 9.17) is 5.73 Å². The molecule has 5 unspecified atom stereocenters. The number of fused-ring (bicyclic) bond motifs is 2. The molecule has 2 N–H and O–H groups in total. The van der Waals surface area contributed by atoms with Gasteiger partial charge in [0, 0.05) is 17.9 Å². The van der Waals surface area contributed by atoms with Crippen LogP contribution in [0.3, 0.4) is 0 Å². The molecular weight excluding hydrogens is 186 g/mol. The number of rotatable bonds is 2. The lowest BCUT2D eigenvalue weighted by Crippen LogP contribution is -2.27. The highest BCUT2D eigenvalue weighted by Gasteiger charge is 2.45. The van der Waals surface area contributed by atoms with E-state index in [1.807, 2.05) is 0 Å². The first kappa shape index (κ1) is 9.83. The van der Waals surface area contributed by atoms with Gasteiger partial charge in [-0.2, -0.15) is 0 Å². The Balaban J connectivity index is 1.65. The van der Waals surface area contributed by atoms with E-state index in [9.17, 15) is 4.79 Å². The maximum absolute atomic E-state index is 12.3. The van der Waals surface area contributed by atoms with E-state index >= 15 is 0 Å². The van der Waals surface area contributed by atoms with Crippen molar-refractivity contribution in [2.45, 2.75) is 51.0 Å². The maximum atomic E-state index is 12.3. The normalized spacial score (nSPS) is 48.7. The van der Waals surface area contributed by atoms with Gasteiger partial charge in [-0.1, -0.05) is 6.42 Å². The quantitative estimate of drug-likeness (QED) is 0.753. The second kappa shape index (κ2) is 3.58. The van der Waals surface area contributed by atoms with E-state index in [1.165, 1.54) is 25.7 Å². The molecule has 3 aliphatic carbocycles. The molecule has 5 atom stereocenters. The van der Waals surface area contributed by atoms with Crippen molar-refractivity contribution >= 4 is 5.78 Å². The third-order valence-electron chi connectivity index (χ3n) is 4.98. The van der Waals surface area contributed by atoms with Crippen LogP contribution in [-0.4, -0.2) is 11.8 Å². The van der Waals surface area contributed by atoms with E-state index in [2.05, 4.69) is 0 Å². The fourth-order valence-electron chi connectivity index (χ4n) is 4.17. The molecule has 3 fully saturated rings. The summed E-state index contributed by atoms with van der Waals surface area (Å²) in [4.78, 5) is 12.3. The van der Waals surface area contributed by atoms with Crippen LogP contribution in [0.1, 0.15) is 44.9 Å². The molecule has 0 aliphatic heterocycles. The van der Waals surface area contributed by atoms with Crippen LogP contribution >= 0.6 is 0 Å². The van der Waals surface area contributed by atoms with E-state index in [0.717, 1.165) is 31.1 Å². The van der Waals surface area contributed by atoms with Gasteiger partial charge in [0.15, 0.2) is 0 Å². The Bertz CT molecular complexity index is 276. The minimum Gasteiger partial charge on any atom is -0.328 e. The zero-order chi connectivity index (χ0) is 10.4. The fourth-order valence-corrected chi connectivity index (χ4v) is 4.17. The van der Waals surface area contributed by atoms with Crippen molar-refractivity contribution in [1.29, 1.82) is 0 Å². The Labute approximate surface area is 91.6 Å². The van der Waals surface area contributed by atoms with Crippen molar-refractivity contribution in [3.05, 3.63) is 0 Å². The van der Waals surface area contributed by atoms with Crippen LogP contribution in [0.25, 0.3) is 0 Å². The smallest absolute Gasteiger partial charge is 0.139 e. The van der Waals surface area contributed by atoms with Crippen molar-refractivity contribution in [3.63, 3.8) is 0 Å². The standard InChI is InChI=1S/C13H21NO/c14-11-4-3-10(7-11)13(15)12-6-8-1-2-9(12)5-8/h8-12H,1-7,14H2. The molecule has 0 aromatic heterocycles. The number of carbonyl (C=O) groups excluding carboxylic acids is 1. The van der Waals surface area contributed by atoms with Gasteiger partial charge in [0.05, 0.1) is 0 Å². The molecule has 3 aliphatic rings. The van der Waals surface area contributed by atoms with Gasteiger partial charge in [-0.05, 0) is 50.4 Å². The van der Waals surface area contributed by atoms with Crippen molar-refractivity contribution < 1.29 is 4.79 Å². The highest BCUT2D eigenvalue weighted by atomic mass is 16.1. The second-order valence-electron chi connectivity index (χ2n) is 5.95. The van der Waals surface area contributed by atoms with E-state index in [-0.39, 0.29) is 0 Å². The summed E-state index contributed by atoms with van der Waals surface area (Å²) >= 11 is 0. The Hall–Kier alpha value is -0.370. The molecule has 84 valence electrons. The summed E-state index contributed by atoms with van der Waals surface area (Å²) in [5, 5.41) is 0. The zero-order valence-electron chi connectivity index (χ0n) is 9.32. The van der Waals surface area contributed by atoms with E-state index in [1.54, 1.807) is 0 Å². The zero-order valence-corrected chi connectivity index (χ0v) is 9.32. The topological polar surface area (TPSA) is 43.1 Å². The molecule has 2 bridgehead atoms. The molecule has 0 amide bonds. The number of hydrogen-bond acceptors (Lipinski definition) is 2. The average molecular weight is 207 g/mol. The summed E-state index contributed by atoms with van der Waals surface area (Å²) in [7, 11) is 0. The van der Waals surface area contributed by atoms with Crippen molar-refractivity contribution in [2.75, 3.05) is 0 Å². The SMILES string of the molecule is NC1CCC(C(=O)C2CC3CCC2C3)C1. The fraction of sp³-hybridized carbons (Fsp3) is 0.923. The Kier molecular flexibility index (Phi) is 2.35. The first-order chi connectivity index (χ1) is 7.24. The minimum atomic E-state index is 0.303. The Morgan fingerprint density at radius 3 is 2.40 bits per heavy atom. The molecule has 0 spiro atoms. The summed E-state index contributed by atoms with van der Waals surface area (Å²) in [5.41, 5.74) is 5.89. The third kappa shape index (κ3) is 1.63. The molecule has 0 saturated heterocycles. The molecule has 0 aromatic rings. The van der Waals surface area contributed by atoms with Gasteiger partial charge >= 0.3 is 0 Å². The van der Waals surface area contributed by atoms with Crippen LogP contribution in [0.5, 0.6) is 0 Å². The monoisotopic (exact) mass is 207 g/mol. The van der Waals surface area contributed by atoms with E-state index < -0.39 is 0 Å². The van der Waals surface area contributed by atoms with Gasteiger partial charge in [-0.15, -0.1) is 0 Å². The van der Waals surface area contributed by atoms with Crippen LogP contribution in [0.15, 0.2) is 0 Å². The largest absolute Gasteiger partial charge is 0.328 e. The average Bonchev–Trinajstić information content (AvgIpc) is 2.90. The minimum absolute atomic E-state index is 0.303. The van der Waals surface area contributed by atoms with Gasteiger partial charge in [0.1, 0.15) is 5.78 Å². The lowest BCUT2D eigenvalue weighted by Gasteiger charge is -2.23. The highest BCUT2D eigenvalue weighted by Crippen LogP contribution is 2.50. The number of carbonyl (C=O) groups is 1. The highest BCUT2D eigenvalue weighted by molar-refractivity contribution is 5.84. The molecule has 3 saturated carbocycles. The lowest BCUT2D eigenvalue weighted by molar-refractivity contribution is -0.128. The first-order valence-electron chi connectivity index (χ1n) is 6.53. The predicted molar refractivity (Wildman–Crippen MR) is 59.3 cm³/mol. The van der Waals surface area contributed by atoms with Crippen LogP contribution in [0, 0.1) is 23.7 Å². The third-order valence-corrected chi connectivity index (χ3v) is 4.98.